The molecule has 0 spiro atoms. The third-order valence-electron chi connectivity index (χ3n) is 6.29. The molecule has 1 aliphatic rings. The van der Waals surface area contributed by atoms with E-state index in [4.69, 9.17) is 4.42 Å². The van der Waals surface area contributed by atoms with Crippen LogP contribution in [0.4, 0.5) is 5.69 Å². The summed E-state index contributed by atoms with van der Waals surface area (Å²) in [6, 6.07) is 8.53. The lowest BCUT2D eigenvalue weighted by atomic mass is 9.87. The number of nitrogens with zero attached hydrogens (tertiary/aromatic N) is 1. The molecule has 4 rings (SSSR count). The van der Waals surface area contributed by atoms with Gasteiger partial charge in [-0.15, -0.1) is 0 Å². The van der Waals surface area contributed by atoms with Gasteiger partial charge >= 0.3 is 5.97 Å². The number of hydrogen-bond acceptors (Lipinski definition) is 4. The second-order valence-corrected chi connectivity index (χ2v) is 8.84. The van der Waals surface area contributed by atoms with E-state index in [0.29, 0.717) is 16.9 Å². The second-order valence-electron chi connectivity index (χ2n) is 8.84. The van der Waals surface area contributed by atoms with Gasteiger partial charge in [-0.2, -0.15) is 0 Å². The lowest BCUT2D eigenvalue weighted by molar-refractivity contribution is -0.123. The predicted octanol–water partition coefficient (Wildman–Crippen LogP) is 5.66. The third-order valence-corrected chi connectivity index (χ3v) is 6.29. The number of carbonyl (C=O) groups excluding carboxylic acids is 1. The fourth-order valence-electron chi connectivity index (χ4n) is 4.66. The molecule has 0 radical (unpaired) electrons. The Kier molecular flexibility index (Phi) is 5.75. The van der Waals surface area contributed by atoms with Crippen LogP contribution in [-0.4, -0.2) is 28.1 Å². The van der Waals surface area contributed by atoms with Crippen LogP contribution in [0, 0.1) is 5.92 Å². The molecule has 0 bridgehead atoms. The number of furan rings is 1. The SMILES string of the molecule is CC(O)c1ccc2oc3cc(C(=O)O)c(N(C(=O)C4CCCCC4)C(C)C)cc3c2c1. The van der Waals surface area contributed by atoms with Gasteiger partial charge in [0.05, 0.1) is 17.4 Å². The molecule has 2 N–H and O–H groups in total. The highest BCUT2D eigenvalue weighted by Crippen LogP contribution is 2.37. The average Bonchev–Trinajstić information content (AvgIpc) is 3.10. The van der Waals surface area contributed by atoms with Crippen LogP contribution in [0.15, 0.2) is 34.7 Å². The zero-order valence-corrected chi connectivity index (χ0v) is 18.2. The smallest absolute Gasteiger partial charge is 0.337 e. The van der Waals surface area contributed by atoms with Gasteiger partial charge in [0.25, 0.3) is 0 Å². The summed E-state index contributed by atoms with van der Waals surface area (Å²) in [5.41, 5.74) is 2.27. The summed E-state index contributed by atoms with van der Waals surface area (Å²) in [5, 5.41) is 21.4. The van der Waals surface area contributed by atoms with Crippen LogP contribution in [-0.2, 0) is 4.79 Å². The molecule has 1 unspecified atom stereocenters. The Labute approximate surface area is 181 Å². The summed E-state index contributed by atoms with van der Waals surface area (Å²) in [5.74, 6) is -1.17. The van der Waals surface area contributed by atoms with E-state index >= 15 is 0 Å². The number of carboxylic acid groups (broad SMARTS) is 1. The van der Waals surface area contributed by atoms with E-state index in [2.05, 4.69) is 0 Å². The zero-order valence-electron chi connectivity index (χ0n) is 18.2. The van der Waals surface area contributed by atoms with Crippen molar-refractivity contribution >= 4 is 39.5 Å². The fraction of sp³-hybridized carbons (Fsp3) is 0.440. The van der Waals surface area contributed by atoms with Crippen LogP contribution in [0.5, 0.6) is 0 Å². The van der Waals surface area contributed by atoms with E-state index in [1.807, 2.05) is 19.9 Å². The zero-order chi connectivity index (χ0) is 22.3. The minimum Gasteiger partial charge on any atom is -0.478 e. The van der Waals surface area contributed by atoms with E-state index in [0.717, 1.165) is 48.4 Å². The number of fused-ring (bicyclic) bond motifs is 3. The Morgan fingerprint density at radius 1 is 1.00 bits per heavy atom. The molecule has 2 aromatic carbocycles. The molecule has 6 nitrogen and oxygen atoms in total. The van der Waals surface area contributed by atoms with Crippen LogP contribution >= 0.6 is 0 Å². The first-order chi connectivity index (χ1) is 14.8. The Morgan fingerprint density at radius 3 is 2.29 bits per heavy atom. The highest BCUT2D eigenvalue weighted by molar-refractivity contribution is 6.12. The number of aromatic carboxylic acids is 1. The van der Waals surface area contributed by atoms with Crippen molar-refractivity contribution in [1.29, 1.82) is 0 Å². The van der Waals surface area contributed by atoms with E-state index in [1.165, 1.54) is 6.07 Å². The molecular weight excluding hydrogens is 394 g/mol. The van der Waals surface area contributed by atoms with E-state index in [9.17, 15) is 19.8 Å². The standard InChI is InChI=1S/C25H29NO5/c1-14(2)26(24(28)16-7-5-4-6-8-16)21-12-19-18-11-17(15(3)27)9-10-22(18)31-23(19)13-20(21)25(29)30/h9-16,27H,4-8H2,1-3H3,(H,29,30). The van der Waals surface area contributed by atoms with Crippen molar-refractivity contribution in [2.75, 3.05) is 4.90 Å². The highest BCUT2D eigenvalue weighted by atomic mass is 16.4. The summed E-state index contributed by atoms with van der Waals surface area (Å²) in [7, 11) is 0. The Bertz CT molecular complexity index is 1140. The first-order valence-electron chi connectivity index (χ1n) is 11.0. The number of anilines is 1. The number of rotatable bonds is 5. The van der Waals surface area contributed by atoms with Crippen LogP contribution in [0.25, 0.3) is 21.9 Å². The van der Waals surface area contributed by atoms with Gasteiger partial charge in [-0.25, -0.2) is 4.79 Å². The number of carbonyl (C=O) groups is 2. The van der Waals surface area contributed by atoms with Crippen molar-refractivity contribution in [3.8, 4) is 0 Å². The van der Waals surface area contributed by atoms with Gasteiger partial charge in [-0.3, -0.25) is 4.79 Å². The summed E-state index contributed by atoms with van der Waals surface area (Å²) in [6.07, 6.45) is 4.26. The van der Waals surface area contributed by atoms with Gasteiger partial charge in [0.15, 0.2) is 0 Å². The Balaban J connectivity index is 1.91. The van der Waals surface area contributed by atoms with Gasteiger partial charge in [0.1, 0.15) is 11.2 Å². The average molecular weight is 424 g/mol. The van der Waals surface area contributed by atoms with Gasteiger partial charge in [0.2, 0.25) is 5.91 Å². The number of amides is 1. The van der Waals surface area contributed by atoms with Gasteiger partial charge in [-0.1, -0.05) is 25.3 Å². The topological polar surface area (TPSA) is 91.0 Å². The van der Waals surface area contributed by atoms with Crippen molar-refractivity contribution < 1.29 is 24.2 Å². The molecular formula is C25H29NO5. The number of benzene rings is 2. The molecule has 1 saturated carbocycles. The maximum atomic E-state index is 13.5. The Hall–Kier alpha value is -2.86. The molecule has 1 fully saturated rings. The van der Waals surface area contributed by atoms with Crippen molar-refractivity contribution in [2.45, 2.75) is 65.0 Å². The van der Waals surface area contributed by atoms with Crippen LogP contribution in [0.2, 0.25) is 0 Å². The molecule has 1 aromatic heterocycles. The highest BCUT2D eigenvalue weighted by Gasteiger charge is 2.31. The maximum absolute atomic E-state index is 13.5. The quantitative estimate of drug-likeness (QED) is 0.553. The monoisotopic (exact) mass is 423 g/mol. The van der Waals surface area contributed by atoms with E-state index in [1.54, 1.807) is 30.0 Å². The molecule has 1 aliphatic carbocycles. The van der Waals surface area contributed by atoms with Crippen LogP contribution in [0.1, 0.15) is 74.9 Å². The number of hydrogen-bond donors (Lipinski definition) is 2. The minimum atomic E-state index is -1.09. The molecule has 6 heteroatoms. The maximum Gasteiger partial charge on any atom is 0.337 e. The number of aliphatic hydroxyl groups excluding tert-OH is 1. The summed E-state index contributed by atoms with van der Waals surface area (Å²) < 4.78 is 5.90. The minimum absolute atomic E-state index is 0.00554. The summed E-state index contributed by atoms with van der Waals surface area (Å²) >= 11 is 0. The molecule has 0 saturated heterocycles. The largest absolute Gasteiger partial charge is 0.478 e. The predicted molar refractivity (Wildman–Crippen MR) is 121 cm³/mol. The molecule has 0 aliphatic heterocycles. The molecule has 3 aromatic rings. The van der Waals surface area contributed by atoms with Crippen molar-refractivity contribution in [3.63, 3.8) is 0 Å². The van der Waals surface area contributed by atoms with Crippen molar-refractivity contribution in [3.05, 3.63) is 41.5 Å². The summed E-state index contributed by atoms with van der Waals surface area (Å²) in [4.78, 5) is 27.3. The van der Waals surface area contributed by atoms with Gasteiger partial charge in [-0.05, 0) is 63.4 Å². The van der Waals surface area contributed by atoms with Crippen molar-refractivity contribution in [1.82, 2.24) is 0 Å². The first kappa shape index (κ1) is 21.4. The third kappa shape index (κ3) is 3.92. The molecule has 164 valence electrons. The van der Waals surface area contributed by atoms with Gasteiger partial charge in [0, 0.05) is 22.7 Å². The second kappa shape index (κ2) is 8.35. The van der Waals surface area contributed by atoms with Crippen molar-refractivity contribution in [2.24, 2.45) is 5.92 Å². The normalized spacial score (nSPS) is 16.2. The van der Waals surface area contributed by atoms with Crippen LogP contribution < -0.4 is 4.90 Å². The number of aliphatic hydroxyl groups is 1. The first-order valence-corrected chi connectivity index (χ1v) is 11.0. The van der Waals surface area contributed by atoms with Crippen LogP contribution in [0.3, 0.4) is 0 Å². The lowest BCUT2D eigenvalue weighted by Gasteiger charge is -2.33. The van der Waals surface area contributed by atoms with E-state index in [-0.39, 0.29) is 23.4 Å². The molecule has 31 heavy (non-hydrogen) atoms. The lowest BCUT2D eigenvalue weighted by Crippen LogP contribution is -2.42. The molecule has 1 atom stereocenters. The Morgan fingerprint density at radius 2 is 1.68 bits per heavy atom. The molecule has 1 amide bonds. The van der Waals surface area contributed by atoms with E-state index < -0.39 is 12.1 Å². The fourth-order valence-corrected chi connectivity index (χ4v) is 4.66. The molecule has 1 heterocycles. The number of carboxylic acids is 1. The van der Waals surface area contributed by atoms with Gasteiger partial charge < -0.3 is 19.5 Å². The summed E-state index contributed by atoms with van der Waals surface area (Å²) in [6.45, 7) is 5.52.